The van der Waals surface area contributed by atoms with Gasteiger partial charge in [0.25, 0.3) is 5.91 Å². The Balaban J connectivity index is 1.65. The zero-order valence-electron chi connectivity index (χ0n) is 12.3. The van der Waals surface area contributed by atoms with Crippen LogP contribution in [0.1, 0.15) is 5.56 Å². The van der Waals surface area contributed by atoms with Crippen LogP contribution in [0.15, 0.2) is 24.3 Å². The van der Waals surface area contributed by atoms with Crippen LogP contribution in [0, 0.1) is 5.82 Å². The van der Waals surface area contributed by atoms with E-state index in [1.807, 2.05) is 7.05 Å². The first kappa shape index (κ1) is 15.9. The van der Waals surface area contributed by atoms with Crippen LogP contribution in [0.2, 0.25) is 0 Å². The van der Waals surface area contributed by atoms with Crippen molar-refractivity contribution in [2.75, 3.05) is 39.8 Å². The summed E-state index contributed by atoms with van der Waals surface area (Å²) in [5.74, 6) is -0.299. The van der Waals surface area contributed by atoms with Gasteiger partial charge in [0.2, 0.25) is 0 Å². The maximum Gasteiger partial charge on any atom is 0.250 e. The molecule has 0 aliphatic carbocycles. The predicted octanol–water partition coefficient (Wildman–Crippen LogP) is 0.362. The van der Waals surface area contributed by atoms with Gasteiger partial charge in [-0.1, -0.05) is 12.1 Å². The molecule has 1 unspecified atom stereocenters. The van der Waals surface area contributed by atoms with Crippen molar-refractivity contribution in [3.05, 3.63) is 35.6 Å². The number of carbonyl (C=O) groups is 1. The number of nitrogens with zero attached hydrogens (tertiary/aromatic N) is 1. The number of benzene rings is 1. The molecule has 5 nitrogen and oxygen atoms in total. The van der Waals surface area contributed by atoms with E-state index in [0.29, 0.717) is 19.7 Å². The Morgan fingerprint density at radius 2 is 2.24 bits per heavy atom. The molecular weight excluding hydrogens is 273 g/mol. The average molecular weight is 295 g/mol. The van der Waals surface area contributed by atoms with Crippen LogP contribution in [0.5, 0.6) is 0 Å². The summed E-state index contributed by atoms with van der Waals surface area (Å²) in [4.78, 5) is 13.9. The van der Waals surface area contributed by atoms with Gasteiger partial charge in [0.1, 0.15) is 11.9 Å². The van der Waals surface area contributed by atoms with Crippen molar-refractivity contribution >= 4 is 5.91 Å². The van der Waals surface area contributed by atoms with Crippen molar-refractivity contribution in [2.24, 2.45) is 0 Å². The highest BCUT2D eigenvalue weighted by molar-refractivity contribution is 5.81. The Labute approximate surface area is 124 Å². The minimum atomic E-state index is -0.388. The maximum atomic E-state index is 12.8. The molecular formula is C15H22FN3O2. The second-order valence-corrected chi connectivity index (χ2v) is 5.22. The van der Waals surface area contributed by atoms with Crippen LogP contribution in [0.4, 0.5) is 4.39 Å². The lowest BCUT2D eigenvalue weighted by molar-refractivity contribution is -0.134. The lowest BCUT2D eigenvalue weighted by atomic mass is 10.2. The van der Waals surface area contributed by atoms with Crippen LogP contribution in [0.3, 0.4) is 0 Å². The summed E-state index contributed by atoms with van der Waals surface area (Å²) in [6, 6.07) is 6.45. The second kappa shape index (κ2) is 8.07. The molecule has 116 valence electrons. The minimum absolute atomic E-state index is 0.0719. The Kier molecular flexibility index (Phi) is 6.10. The van der Waals surface area contributed by atoms with E-state index in [0.717, 1.165) is 25.2 Å². The third kappa shape index (κ3) is 5.41. The number of amides is 1. The summed E-state index contributed by atoms with van der Waals surface area (Å²) in [7, 11) is 1.97. The Bertz CT molecular complexity index is 447. The first-order chi connectivity index (χ1) is 10.1. The first-order valence-corrected chi connectivity index (χ1v) is 7.18. The van der Waals surface area contributed by atoms with Gasteiger partial charge in [0, 0.05) is 32.7 Å². The molecule has 1 heterocycles. The standard InChI is InChI=1S/C15H22FN3O2/c1-19(11-12-2-4-13(16)5-3-12)8-6-18-15(20)14-10-17-7-9-21-14/h2-5,14,17H,6-11H2,1H3,(H,18,20). The Morgan fingerprint density at radius 3 is 2.90 bits per heavy atom. The lowest BCUT2D eigenvalue weighted by Gasteiger charge is -2.23. The monoisotopic (exact) mass is 295 g/mol. The average Bonchev–Trinajstić information content (AvgIpc) is 2.50. The molecule has 1 aromatic rings. The molecule has 1 aliphatic rings. The van der Waals surface area contributed by atoms with E-state index in [2.05, 4.69) is 15.5 Å². The molecule has 1 saturated heterocycles. The van der Waals surface area contributed by atoms with Gasteiger partial charge < -0.3 is 20.3 Å². The number of rotatable bonds is 6. The number of likely N-dealkylation sites (N-methyl/N-ethyl adjacent to an activating group) is 1. The maximum absolute atomic E-state index is 12.8. The SMILES string of the molecule is CN(CCNC(=O)C1CNCCO1)Cc1ccc(F)cc1. The highest BCUT2D eigenvalue weighted by Crippen LogP contribution is 2.05. The van der Waals surface area contributed by atoms with Crippen molar-refractivity contribution in [2.45, 2.75) is 12.6 Å². The second-order valence-electron chi connectivity index (χ2n) is 5.22. The number of halogens is 1. The third-order valence-corrected chi connectivity index (χ3v) is 3.38. The number of hydrogen-bond acceptors (Lipinski definition) is 4. The number of ether oxygens (including phenoxy) is 1. The van der Waals surface area contributed by atoms with E-state index in [1.54, 1.807) is 12.1 Å². The summed E-state index contributed by atoms with van der Waals surface area (Å²) in [5.41, 5.74) is 1.05. The molecule has 2 rings (SSSR count). The molecule has 0 spiro atoms. The number of nitrogens with one attached hydrogen (secondary N) is 2. The van der Waals surface area contributed by atoms with E-state index in [1.165, 1.54) is 12.1 Å². The van der Waals surface area contributed by atoms with E-state index >= 15 is 0 Å². The van der Waals surface area contributed by atoms with Gasteiger partial charge in [-0.05, 0) is 24.7 Å². The first-order valence-electron chi connectivity index (χ1n) is 7.18. The van der Waals surface area contributed by atoms with Gasteiger partial charge >= 0.3 is 0 Å². The van der Waals surface area contributed by atoms with Gasteiger partial charge in [0.05, 0.1) is 6.61 Å². The molecule has 0 saturated carbocycles. The number of morpholine rings is 1. The van der Waals surface area contributed by atoms with Crippen LogP contribution in [0.25, 0.3) is 0 Å². The van der Waals surface area contributed by atoms with Gasteiger partial charge in [-0.2, -0.15) is 0 Å². The van der Waals surface area contributed by atoms with Gasteiger partial charge in [-0.15, -0.1) is 0 Å². The fourth-order valence-corrected chi connectivity index (χ4v) is 2.20. The molecule has 6 heteroatoms. The molecule has 1 aliphatic heterocycles. The van der Waals surface area contributed by atoms with Crippen LogP contribution in [-0.2, 0) is 16.1 Å². The van der Waals surface area contributed by atoms with Gasteiger partial charge in [-0.25, -0.2) is 4.39 Å². The van der Waals surface area contributed by atoms with E-state index in [4.69, 9.17) is 4.74 Å². The topological polar surface area (TPSA) is 53.6 Å². The number of carbonyl (C=O) groups excluding carboxylic acids is 1. The Morgan fingerprint density at radius 1 is 1.48 bits per heavy atom. The van der Waals surface area contributed by atoms with Crippen molar-refractivity contribution < 1.29 is 13.9 Å². The smallest absolute Gasteiger partial charge is 0.250 e. The Hall–Kier alpha value is -1.50. The molecule has 0 aromatic heterocycles. The summed E-state index contributed by atoms with van der Waals surface area (Å²) < 4.78 is 18.2. The van der Waals surface area contributed by atoms with Gasteiger partial charge in [-0.3, -0.25) is 4.79 Å². The van der Waals surface area contributed by atoms with Crippen molar-refractivity contribution in [1.29, 1.82) is 0 Å². The van der Waals surface area contributed by atoms with Crippen LogP contribution in [-0.4, -0.2) is 56.7 Å². The zero-order chi connectivity index (χ0) is 15.1. The van der Waals surface area contributed by atoms with Crippen LogP contribution >= 0.6 is 0 Å². The molecule has 21 heavy (non-hydrogen) atoms. The van der Waals surface area contributed by atoms with Crippen molar-refractivity contribution in [3.8, 4) is 0 Å². The summed E-state index contributed by atoms with van der Waals surface area (Å²) in [6.07, 6.45) is -0.388. The molecule has 1 atom stereocenters. The van der Waals surface area contributed by atoms with Crippen molar-refractivity contribution in [1.82, 2.24) is 15.5 Å². The number of hydrogen-bond donors (Lipinski definition) is 2. The highest BCUT2D eigenvalue weighted by Gasteiger charge is 2.20. The fraction of sp³-hybridized carbons (Fsp3) is 0.533. The van der Waals surface area contributed by atoms with E-state index in [9.17, 15) is 9.18 Å². The fourth-order valence-electron chi connectivity index (χ4n) is 2.20. The molecule has 0 bridgehead atoms. The predicted molar refractivity (Wildman–Crippen MR) is 78.4 cm³/mol. The molecule has 1 amide bonds. The summed E-state index contributed by atoms with van der Waals surface area (Å²) >= 11 is 0. The third-order valence-electron chi connectivity index (χ3n) is 3.38. The summed E-state index contributed by atoms with van der Waals surface area (Å²) in [6.45, 7) is 3.95. The van der Waals surface area contributed by atoms with Gasteiger partial charge in [0.15, 0.2) is 0 Å². The zero-order valence-corrected chi connectivity index (χ0v) is 12.3. The minimum Gasteiger partial charge on any atom is -0.366 e. The van der Waals surface area contributed by atoms with E-state index in [-0.39, 0.29) is 17.8 Å². The van der Waals surface area contributed by atoms with Crippen molar-refractivity contribution in [3.63, 3.8) is 0 Å². The highest BCUT2D eigenvalue weighted by atomic mass is 19.1. The molecule has 1 aromatic carbocycles. The normalized spacial score (nSPS) is 18.7. The van der Waals surface area contributed by atoms with Crippen LogP contribution < -0.4 is 10.6 Å². The summed E-state index contributed by atoms with van der Waals surface area (Å²) in [5, 5.41) is 6.00. The molecule has 2 N–H and O–H groups in total. The quantitative estimate of drug-likeness (QED) is 0.796. The lowest BCUT2D eigenvalue weighted by Crippen LogP contribution is -2.48. The molecule has 0 radical (unpaired) electrons. The largest absolute Gasteiger partial charge is 0.366 e. The van der Waals surface area contributed by atoms with E-state index < -0.39 is 0 Å². The molecule has 1 fully saturated rings.